The van der Waals surface area contributed by atoms with Gasteiger partial charge in [0.05, 0.1) is 24.7 Å². The minimum absolute atomic E-state index is 0.103. The summed E-state index contributed by atoms with van der Waals surface area (Å²) in [4.78, 5) is 4.02. The average molecular weight is 441 g/mol. The molecule has 0 bridgehead atoms. The molecule has 0 saturated carbocycles. The Bertz CT molecular complexity index is 1110. The lowest BCUT2D eigenvalue weighted by Crippen LogP contribution is -2.32. The van der Waals surface area contributed by atoms with E-state index in [0.29, 0.717) is 23.6 Å². The van der Waals surface area contributed by atoms with Gasteiger partial charge in [-0.15, -0.1) is 0 Å². The highest BCUT2D eigenvalue weighted by molar-refractivity contribution is 7.87. The van der Waals surface area contributed by atoms with Crippen molar-refractivity contribution in [3.63, 3.8) is 0 Å². The SMILES string of the molecule is COc1ccc(-n2nc(C(F)(F)F)cc2-c2ccc(CCNS(N)(=O)=O)cc2)cn1. The third-order valence-corrected chi connectivity index (χ3v) is 4.75. The van der Waals surface area contributed by atoms with Gasteiger partial charge in [-0.05, 0) is 24.1 Å². The first-order chi connectivity index (χ1) is 14.1. The molecule has 0 saturated heterocycles. The quantitative estimate of drug-likeness (QED) is 0.584. The maximum atomic E-state index is 13.3. The summed E-state index contributed by atoms with van der Waals surface area (Å²) in [6.07, 6.45) is -2.88. The zero-order valence-corrected chi connectivity index (χ0v) is 16.5. The number of hydrogen-bond donors (Lipinski definition) is 2. The molecule has 0 aliphatic carbocycles. The first kappa shape index (κ1) is 21.7. The zero-order chi connectivity index (χ0) is 21.9. The lowest BCUT2D eigenvalue weighted by molar-refractivity contribution is -0.141. The second-order valence-corrected chi connectivity index (χ2v) is 7.65. The predicted octanol–water partition coefficient (Wildman–Crippen LogP) is 2.30. The average Bonchev–Trinajstić information content (AvgIpc) is 3.13. The van der Waals surface area contributed by atoms with Crippen molar-refractivity contribution in [2.24, 2.45) is 5.14 Å². The first-order valence-electron chi connectivity index (χ1n) is 8.61. The van der Waals surface area contributed by atoms with Gasteiger partial charge in [-0.3, -0.25) is 0 Å². The second-order valence-electron chi connectivity index (χ2n) is 6.27. The summed E-state index contributed by atoms with van der Waals surface area (Å²) < 4.78 is 69.9. The van der Waals surface area contributed by atoms with Gasteiger partial charge in [0.1, 0.15) is 0 Å². The molecule has 0 amide bonds. The molecule has 3 aromatic rings. The van der Waals surface area contributed by atoms with Gasteiger partial charge in [-0.1, -0.05) is 24.3 Å². The number of rotatable bonds is 7. The maximum absolute atomic E-state index is 13.3. The zero-order valence-electron chi connectivity index (χ0n) is 15.7. The summed E-state index contributed by atoms with van der Waals surface area (Å²) in [6.45, 7) is 0.103. The van der Waals surface area contributed by atoms with Gasteiger partial charge in [0.2, 0.25) is 5.88 Å². The Morgan fingerprint density at radius 1 is 1.17 bits per heavy atom. The Morgan fingerprint density at radius 2 is 1.87 bits per heavy atom. The second kappa shape index (κ2) is 8.42. The number of alkyl halides is 3. The Hall–Kier alpha value is -2.96. The van der Waals surface area contributed by atoms with Crippen molar-refractivity contribution in [3.8, 4) is 22.8 Å². The van der Waals surface area contributed by atoms with Gasteiger partial charge < -0.3 is 4.74 Å². The molecular weight excluding hydrogens is 423 g/mol. The maximum Gasteiger partial charge on any atom is 0.435 e. The van der Waals surface area contributed by atoms with E-state index in [1.54, 1.807) is 30.3 Å². The number of methoxy groups -OCH3 is 1. The first-order valence-corrected chi connectivity index (χ1v) is 10.2. The Balaban J connectivity index is 1.92. The van der Waals surface area contributed by atoms with Crippen LogP contribution in [0, 0.1) is 0 Å². The third kappa shape index (κ3) is 5.34. The summed E-state index contributed by atoms with van der Waals surface area (Å²) in [5.74, 6) is 0.320. The van der Waals surface area contributed by atoms with Crippen molar-refractivity contribution in [3.05, 3.63) is 59.9 Å². The minimum Gasteiger partial charge on any atom is -0.481 e. The van der Waals surface area contributed by atoms with Gasteiger partial charge in [0.15, 0.2) is 5.69 Å². The Labute approximate surface area is 170 Å². The van der Waals surface area contributed by atoms with Crippen LogP contribution >= 0.6 is 0 Å². The van der Waals surface area contributed by atoms with Crippen LogP contribution in [-0.2, 0) is 22.8 Å². The fourth-order valence-corrected chi connectivity index (χ4v) is 3.11. The molecule has 0 aliphatic heterocycles. The molecule has 3 rings (SSSR count). The molecule has 0 radical (unpaired) electrons. The lowest BCUT2D eigenvalue weighted by Gasteiger charge is -2.09. The molecule has 12 heteroatoms. The standard InChI is InChI=1S/C18H18F3N5O3S/c1-29-17-7-6-14(11-23-17)26-15(10-16(25-26)18(19,20)21)13-4-2-12(3-5-13)8-9-24-30(22,27)28/h2-7,10-11,24H,8-9H2,1H3,(H2,22,27,28). The van der Waals surface area contributed by atoms with E-state index in [1.165, 1.54) is 19.4 Å². The highest BCUT2D eigenvalue weighted by Gasteiger charge is 2.35. The van der Waals surface area contributed by atoms with Crippen molar-refractivity contribution in [2.75, 3.05) is 13.7 Å². The molecule has 0 atom stereocenters. The monoisotopic (exact) mass is 441 g/mol. The number of nitrogens with one attached hydrogen (secondary N) is 1. The summed E-state index contributed by atoms with van der Waals surface area (Å²) >= 11 is 0. The van der Waals surface area contributed by atoms with E-state index >= 15 is 0 Å². The van der Waals surface area contributed by atoms with Crippen LogP contribution in [0.3, 0.4) is 0 Å². The van der Waals surface area contributed by atoms with Crippen molar-refractivity contribution < 1.29 is 26.3 Å². The van der Waals surface area contributed by atoms with E-state index in [-0.39, 0.29) is 12.2 Å². The molecule has 160 valence electrons. The van der Waals surface area contributed by atoms with Crippen LogP contribution in [0.2, 0.25) is 0 Å². The number of ether oxygens (including phenoxy) is 1. The van der Waals surface area contributed by atoms with E-state index in [4.69, 9.17) is 9.88 Å². The van der Waals surface area contributed by atoms with Crippen LogP contribution < -0.4 is 14.6 Å². The minimum atomic E-state index is -4.61. The molecule has 0 unspecified atom stereocenters. The predicted molar refractivity (Wildman–Crippen MR) is 103 cm³/mol. The Morgan fingerprint density at radius 3 is 2.40 bits per heavy atom. The molecular formula is C18H18F3N5O3S. The summed E-state index contributed by atoms with van der Waals surface area (Å²) in [6, 6.07) is 10.7. The number of nitrogens with two attached hydrogens (primary N) is 1. The van der Waals surface area contributed by atoms with Gasteiger partial charge in [0.25, 0.3) is 10.2 Å². The fourth-order valence-electron chi connectivity index (χ4n) is 2.72. The molecule has 30 heavy (non-hydrogen) atoms. The number of halogens is 3. The summed E-state index contributed by atoms with van der Waals surface area (Å²) in [5.41, 5.74) is 0.807. The van der Waals surface area contributed by atoms with Gasteiger partial charge in [0, 0.05) is 18.2 Å². The highest BCUT2D eigenvalue weighted by atomic mass is 32.2. The molecule has 8 nitrogen and oxygen atoms in total. The van der Waals surface area contributed by atoms with Crippen molar-refractivity contribution in [1.29, 1.82) is 0 Å². The topological polar surface area (TPSA) is 112 Å². The van der Waals surface area contributed by atoms with Crippen LogP contribution in [0.15, 0.2) is 48.7 Å². The normalized spacial score (nSPS) is 12.2. The lowest BCUT2D eigenvalue weighted by atomic mass is 10.1. The smallest absolute Gasteiger partial charge is 0.435 e. The number of hydrogen-bond acceptors (Lipinski definition) is 5. The van der Waals surface area contributed by atoms with E-state index in [1.807, 2.05) is 0 Å². The number of nitrogens with zero attached hydrogens (tertiary/aromatic N) is 3. The number of pyridine rings is 1. The highest BCUT2D eigenvalue weighted by Crippen LogP contribution is 2.33. The van der Waals surface area contributed by atoms with Crippen LogP contribution in [0.4, 0.5) is 13.2 Å². The molecule has 0 spiro atoms. The van der Waals surface area contributed by atoms with Gasteiger partial charge in [-0.2, -0.15) is 26.7 Å². The largest absolute Gasteiger partial charge is 0.481 e. The van der Waals surface area contributed by atoms with Crippen LogP contribution in [0.25, 0.3) is 16.9 Å². The van der Waals surface area contributed by atoms with Crippen molar-refractivity contribution in [2.45, 2.75) is 12.6 Å². The van der Waals surface area contributed by atoms with Gasteiger partial charge in [-0.25, -0.2) is 19.5 Å². The van der Waals surface area contributed by atoms with Gasteiger partial charge >= 0.3 is 6.18 Å². The van der Waals surface area contributed by atoms with E-state index in [0.717, 1.165) is 16.3 Å². The molecule has 2 heterocycles. The summed E-state index contributed by atoms with van der Waals surface area (Å²) in [5, 5.41) is 8.58. The number of aromatic nitrogens is 3. The summed E-state index contributed by atoms with van der Waals surface area (Å²) in [7, 11) is -2.35. The molecule has 0 fully saturated rings. The van der Waals surface area contributed by atoms with Crippen LogP contribution in [0.1, 0.15) is 11.3 Å². The molecule has 0 aliphatic rings. The van der Waals surface area contributed by atoms with E-state index < -0.39 is 22.1 Å². The Kier molecular flexibility index (Phi) is 6.10. The van der Waals surface area contributed by atoms with Crippen molar-refractivity contribution in [1.82, 2.24) is 19.5 Å². The van der Waals surface area contributed by atoms with Crippen LogP contribution in [0.5, 0.6) is 5.88 Å². The third-order valence-electron chi connectivity index (χ3n) is 4.14. The number of benzene rings is 1. The molecule has 1 aromatic carbocycles. The van der Waals surface area contributed by atoms with E-state index in [2.05, 4.69) is 14.8 Å². The van der Waals surface area contributed by atoms with Crippen molar-refractivity contribution >= 4 is 10.2 Å². The van der Waals surface area contributed by atoms with Crippen LogP contribution in [-0.4, -0.2) is 36.8 Å². The molecule has 3 N–H and O–H groups in total. The van der Waals surface area contributed by atoms with E-state index in [9.17, 15) is 21.6 Å². The molecule has 2 aromatic heterocycles. The fraction of sp³-hybridized carbons (Fsp3) is 0.222.